The lowest BCUT2D eigenvalue weighted by atomic mass is 9.85. The minimum Gasteiger partial charge on any atom is -0.503 e. The largest absolute Gasteiger partial charge is 0.503 e. The van der Waals surface area contributed by atoms with Crippen molar-refractivity contribution in [2.75, 3.05) is 4.90 Å². The van der Waals surface area contributed by atoms with Crippen molar-refractivity contribution in [2.45, 2.75) is 39.2 Å². The second kappa shape index (κ2) is 8.16. The van der Waals surface area contributed by atoms with Crippen LogP contribution < -0.4 is 4.90 Å². The van der Waals surface area contributed by atoms with E-state index in [1.165, 1.54) is 29.2 Å². The number of nitrogens with zero attached hydrogens (tertiary/aromatic N) is 2. The fourth-order valence-electron chi connectivity index (χ4n) is 4.19. The van der Waals surface area contributed by atoms with Crippen molar-refractivity contribution in [1.82, 2.24) is 4.98 Å². The summed E-state index contributed by atoms with van der Waals surface area (Å²) in [6, 6.07) is 14.0. The van der Waals surface area contributed by atoms with Gasteiger partial charge in [0.05, 0.1) is 21.8 Å². The zero-order valence-corrected chi connectivity index (χ0v) is 20.4. The number of carbonyl (C=O) groups excluding carboxylic acids is 2. The SMILES string of the molecule is Cc1ccc(C(=O)C2=C(O)C(=O)N(c3nc4ccc(F)cc4s3)[C@@H]2c2ccc(C(C)(C)C)cc2)o1. The number of thiazole rings is 1. The highest BCUT2D eigenvalue weighted by Crippen LogP contribution is 2.44. The Balaban J connectivity index is 1.67. The number of aliphatic hydroxyl groups excluding tert-OH is 1. The number of carbonyl (C=O) groups is 2. The number of anilines is 1. The lowest BCUT2D eigenvalue weighted by Gasteiger charge is -2.25. The average molecular weight is 491 g/mol. The lowest BCUT2D eigenvalue weighted by molar-refractivity contribution is -0.117. The Labute approximate surface area is 205 Å². The molecular weight excluding hydrogens is 467 g/mol. The summed E-state index contributed by atoms with van der Waals surface area (Å²) < 4.78 is 19.9. The third-order valence-electron chi connectivity index (χ3n) is 6.05. The number of hydrogen-bond acceptors (Lipinski definition) is 6. The standard InChI is InChI=1S/C27H23FN2O4S/c1-14-5-12-19(34-14)23(31)21-22(15-6-8-16(9-7-15)27(2,3)4)30(25(33)24(21)32)26-29-18-11-10-17(28)13-20(18)35-26/h5-13,22,32H,1-4H3/t22-/m1/s1. The third kappa shape index (κ3) is 3.93. The van der Waals surface area contributed by atoms with Gasteiger partial charge in [0, 0.05) is 0 Å². The van der Waals surface area contributed by atoms with Crippen LogP contribution in [-0.2, 0) is 10.2 Å². The molecule has 35 heavy (non-hydrogen) atoms. The van der Waals surface area contributed by atoms with Gasteiger partial charge in [-0.15, -0.1) is 0 Å². The average Bonchev–Trinajstić information content (AvgIpc) is 3.49. The van der Waals surface area contributed by atoms with Crippen LogP contribution in [0.3, 0.4) is 0 Å². The fourth-order valence-corrected chi connectivity index (χ4v) is 5.21. The van der Waals surface area contributed by atoms with E-state index >= 15 is 0 Å². The Kier molecular flexibility index (Phi) is 5.36. The quantitative estimate of drug-likeness (QED) is 0.334. The van der Waals surface area contributed by atoms with Crippen LogP contribution in [0.2, 0.25) is 0 Å². The number of benzene rings is 2. The van der Waals surface area contributed by atoms with E-state index in [0.717, 1.165) is 16.9 Å². The highest BCUT2D eigenvalue weighted by Gasteiger charge is 2.46. The summed E-state index contributed by atoms with van der Waals surface area (Å²) in [4.78, 5) is 32.6. The number of amides is 1. The molecule has 6 nitrogen and oxygen atoms in total. The zero-order valence-electron chi connectivity index (χ0n) is 19.6. The molecule has 0 unspecified atom stereocenters. The highest BCUT2D eigenvalue weighted by atomic mass is 32.1. The van der Waals surface area contributed by atoms with Gasteiger partial charge in [0.25, 0.3) is 5.91 Å². The Hall–Kier alpha value is -3.78. The second-order valence-electron chi connectivity index (χ2n) is 9.56. The van der Waals surface area contributed by atoms with Crippen LogP contribution in [0.4, 0.5) is 9.52 Å². The summed E-state index contributed by atoms with van der Waals surface area (Å²) >= 11 is 1.12. The molecule has 8 heteroatoms. The number of aromatic nitrogens is 1. The number of hydrogen-bond donors (Lipinski definition) is 1. The first-order chi connectivity index (χ1) is 16.5. The molecule has 2 aromatic carbocycles. The van der Waals surface area contributed by atoms with E-state index in [-0.39, 0.29) is 21.9 Å². The van der Waals surface area contributed by atoms with Crippen LogP contribution in [-0.4, -0.2) is 21.8 Å². The van der Waals surface area contributed by atoms with Crippen LogP contribution in [0.5, 0.6) is 0 Å². The molecule has 1 aliphatic heterocycles. The van der Waals surface area contributed by atoms with E-state index in [1.807, 2.05) is 24.3 Å². The molecule has 178 valence electrons. The number of fused-ring (bicyclic) bond motifs is 1. The molecule has 0 aliphatic carbocycles. The summed E-state index contributed by atoms with van der Waals surface area (Å²) in [6.07, 6.45) is 0. The Morgan fingerprint density at radius 3 is 2.46 bits per heavy atom. The van der Waals surface area contributed by atoms with Crippen molar-refractivity contribution in [1.29, 1.82) is 0 Å². The number of rotatable bonds is 4. The monoisotopic (exact) mass is 490 g/mol. The molecule has 0 bridgehead atoms. The fraction of sp³-hybridized carbons (Fsp3) is 0.222. The van der Waals surface area contributed by atoms with E-state index in [1.54, 1.807) is 13.0 Å². The maximum Gasteiger partial charge on any atom is 0.296 e. The molecule has 5 rings (SSSR count). The van der Waals surface area contributed by atoms with Crippen molar-refractivity contribution in [3.63, 3.8) is 0 Å². The topological polar surface area (TPSA) is 83.6 Å². The van der Waals surface area contributed by atoms with Crippen molar-refractivity contribution in [2.24, 2.45) is 0 Å². The van der Waals surface area contributed by atoms with Gasteiger partial charge in [-0.2, -0.15) is 0 Å². The van der Waals surface area contributed by atoms with Gasteiger partial charge in [-0.1, -0.05) is 56.4 Å². The van der Waals surface area contributed by atoms with Crippen LogP contribution >= 0.6 is 11.3 Å². The minimum atomic E-state index is -0.931. The number of aliphatic hydroxyl groups is 1. The molecule has 0 radical (unpaired) electrons. The molecule has 1 atom stereocenters. The van der Waals surface area contributed by atoms with Crippen LogP contribution in [0.15, 0.2) is 70.3 Å². The molecule has 0 saturated carbocycles. The van der Waals surface area contributed by atoms with E-state index in [0.29, 0.717) is 21.5 Å². The number of ketones is 1. The van der Waals surface area contributed by atoms with Gasteiger partial charge in [0.2, 0.25) is 5.78 Å². The van der Waals surface area contributed by atoms with Gasteiger partial charge in [-0.3, -0.25) is 14.5 Å². The minimum absolute atomic E-state index is 0.0291. The van der Waals surface area contributed by atoms with Gasteiger partial charge < -0.3 is 9.52 Å². The lowest BCUT2D eigenvalue weighted by Crippen LogP contribution is -2.31. The smallest absolute Gasteiger partial charge is 0.296 e. The summed E-state index contributed by atoms with van der Waals surface area (Å²) in [5.41, 5.74) is 2.05. The molecule has 3 heterocycles. The molecule has 0 fully saturated rings. The summed E-state index contributed by atoms with van der Waals surface area (Å²) in [6.45, 7) is 7.98. The predicted molar refractivity (Wildman–Crippen MR) is 132 cm³/mol. The van der Waals surface area contributed by atoms with Gasteiger partial charge in [0.1, 0.15) is 11.6 Å². The molecule has 4 aromatic rings. The maximum atomic E-state index is 13.8. The zero-order chi connectivity index (χ0) is 25.1. The van der Waals surface area contributed by atoms with Crippen molar-refractivity contribution < 1.29 is 23.5 Å². The first kappa shape index (κ1) is 23.0. The molecule has 0 spiro atoms. The molecule has 2 aromatic heterocycles. The molecular formula is C27H23FN2O4S. The van der Waals surface area contributed by atoms with E-state index in [2.05, 4.69) is 25.8 Å². The van der Waals surface area contributed by atoms with Crippen LogP contribution in [0, 0.1) is 12.7 Å². The number of aryl methyl sites for hydroxylation is 1. The molecule has 0 saturated heterocycles. The van der Waals surface area contributed by atoms with E-state index < -0.39 is 29.3 Å². The second-order valence-corrected chi connectivity index (χ2v) is 10.6. The Bertz CT molecular complexity index is 1510. The van der Waals surface area contributed by atoms with Gasteiger partial charge in [0.15, 0.2) is 16.7 Å². The summed E-state index contributed by atoms with van der Waals surface area (Å²) in [5, 5.41) is 11.2. The molecule has 1 aliphatic rings. The summed E-state index contributed by atoms with van der Waals surface area (Å²) in [7, 11) is 0. The van der Waals surface area contributed by atoms with E-state index in [4.69, 9.17) is 4.42 Å². The summed E-state index contributed by atoms with van der Waals surface area (Å²) in [5.74, 6) is -1.83. The Morgan fingerprint density at radius 1 is 1.11 bits per heavy atom. The normalized spacial score (nSPS) is 16.5. The van der Waals surface area contributed by atoms with Crippen LogP contribution in [0.25, 0.3) is 10.2 Å². The first-order valence-electron chi connectivity index (χ1n) is 11.1. The predicted octanol–water partition coefficient (Wildman–Crippen LogP) is 6.42. The third-order valence-corrected chi connectivity index (χ3v) is 7.07. The maximum absolute atomic E-state index is 13.8. The van der Waals surface area contributed by atoms with Gasteiger partial charge in [-0.05, 0) is 53.8 Å². The van der Waals surface area contributed by atoms with Crippen molar-refractivity contribution >= 4 is 38.4 Å². The Morgan fingerprint density at radius 2 is 1.83 bits per heavy atom. The van der Waals surface area contributed by atoms with Gasteiger partial charge in [-0.25, -0.2) is 9.37 Å². The molecule has 1 N–H and O–H groups in total. The number of Topliss-reactive ketones (excluding diaryl/α,β-unsaturated/α-hetero) is 1. The highest BCUT2D eigenvalue weighted by molar-refractivity contribution is 7.22. The number of furan rings is 1. The first-order valence-corrected chi connectivity index (χ1v) is 11.9. The van der Waals surface area contributed by atoms with Crippen molar-refractivity contribution in [3.8, 4) is 0 Å². The van der Waals surface area contributed by atoms with Crippen LogP contribution in [0.1, 0.15) is 54.3 Å². The van der Waals surface area contributed by atoms with Gasteiger partial charge >= 0.3 is 0 Å². The van der Waals surface area contributed by atoms with Crippen molar-refractivity contribution in [3.05, 3.63) is 94.4 Å². The van der Waals surface area contributed by atoms with E-state index in [9.17, 15) is 19.1 Å². The molecule has 1 amide bonds. The number of halogens is 1.